The number of ether oxygens (including phenoxy) is 1. The van der Waals surface area contributed by atoms with Gasteiger partial charge in [-0.05, 0) is 75.6 Å². The lowest BCUT2D eigenvalue weighted by molar-refractivity contribution is -0.122. The summed E-state index contributed by atoms with van der Waals surface area (Å²) in [6, 6.07) is 15.1. The number of carbonyl (C=O) groups is 4. The molecule has 1 saturated heterocycles. The van der Waals surface area contributed by atoms with Gasteiger partial charge in [-0.25, -0.2) is 18.9 Å². The Kier molecular flexibility index (Phi) is 6.74. The number of barbiturate groups is 1. The molecule has 1 aliphatic heterocycles. The third-order valence-electron chi connectivity index (χ3n) is 5.03. The van der Waals surface area contributed by atoms with Gasteiger partial charge >= 0.3 is 12.0 Å². The number of halogens is 2. The average molecular weight is 539 g/mol. The van der Waals surface area contributed by atoms with Crippen LogP contribution in [0.2, 0.25) is 0 Å². The second-order valence-electron chi connectivity index (χ2n) is 7.42. The van der Waals surface area contributed by atoms with E-state index in [-0.39, 0.29) is 23.4 Å². The molecule has 3 aromatic rings. The molecule has 0 saturated carbocycles. The number of aromatic carboxylic acids is 1. The predicted molar refractivity (Wildman–Crippen MR) is 127 cm³/mol. The molecule has 0 spiro atoms. The summed E-state index contributed by atoms with van der Waals surface area (Å²) in [6.07, 6.45) is 1.32. The van der Waals surface area contributed by atoms with Gasteiger partial charge in [0.1, 0.15) is 23.7 Å². The van der Waals surface area contributed by atoms with Crippen molar-refractivity contribution in [2.24, 2.45) is 0 Å². The smallest absolute Gasteiger partial charge is 0.335 e. The Morgan fingerprint density at radius 1 is 1.06 bits per heavy atom. The summed E-state index contributed by atoms with van der Waals surface area (Å²) in [4.78, 5) is 49.1. The van der Waals surface area contributed by atoms with Crippen LogP contribution in [0, 0.1) is 5.82 Å². The fraction of sp³-hybridized carbons (Fsp3) is 0.0400. The number of hydrogen-bond donors (Lipinski definition) is 2. The van der Waals surface area contributed by atoms with Crippen LogP contribution in [0.3, 0.4) is 0 Å². The lowest BCUT2D eigenvalue weighted by atomic mass is 10.1. The minimum atomic E-state index is -1.02. The molecule has 0 radical (unpaired) electrons. The topological polar surface area (TPSA) is 113 Å². The van der Waals surface area contributed by atoms with E-state index in [0.717, 1.165) is 11.6 Å². The lowest BCUT2D eigenvalue weighted by Crippen LogP contribution is -2.54. The van der Waals surface area contributed by atoms with Gasteiger partial charge in [0.05, 0.1) is 15.7 Å². The highest BCUT2D eigenvalue weighted by Crippen LogP contribution is 2.29. The zero-order chi connectivity index (χ0) is 25.1. The van der Waals surface area contributed by atoms with Crippen LogP contribution in [-0.2, 0) is 16.2 Å². The molecule has 10 heteroatoms. The van der Waals surface area contributed by atoms with Crippen LogP contribution in [0.15, 0.2) is 76.8 Å². The van der Waals surface area contributed by atoms with E-state index in [1.54, 1.807) is 30.3 Å². The van der Waals surface area contributed by atoms with Gasteiger partial charge < -0.3 is 9.84 Å². The van der Waals surface area contributed by atoms with Crippen molar-refractivity contribution in [1.82, 2.24) is 5.32 Å². The molecule has 0 unspecified atom stereocenters. The van der Waals surface area contributed by atoms with E-state index >= 15 is 0 Å². The van der Waals surface area contributed by atoms with Crippen molar-refractivity contribution in [2.45, 2.75) is 6.61 Å². The average Bonchev–Trinajstić information content (AvgIpc) is 2.81. The van der Waals surface area contributed by atoms with E-state index in [1.807, 2.05) is 0 Å². The molecule has 0 bridgehead atoms. The minimum Gasteiger partial charge on any atom is -0.488 e. The van der Waals surface area contributed by atoms with E-state index in [2.05, 4.69) is 21.2 Å². The fourth-order valence-corrected chi connectivity index (χ4v) is 3.81. The summed E-state index contributed by atoms with van der Waals surface area (Å²) in [5.74, 6) is -2.92. The van der Waals surface area contributed by atoms with Crippen LogP contribution in [-0.4, -0.2) is 28.9 Å². The largest absolute Gasteiger partial charge is 0.488 e. The highest BCUT2D eigenvalue weighted by atomic mass is 79.9. The first-order valence-electron chi connectivity index (χ1n) is 10.1. The summed E-state index contributed by atoms with van der Waals surface area (Å²) in [7, 11) is 0. The first-order valence-corrected chi connectivity index (χ1v) is 10.9. The Morgan fingerprint density at radius 2 is 1.80 bits per heavy atom. The molecule has 176 valence electrons. The summed E-state index contributed by atoms with van der Waals surface area (Å²) < 4.78 is 19.9. The van der Waals surface area contributed by atoms with Crippen molar-refractivity contribution in [2.75, 3.05) is 4.90 Å². The van der Waals surface area contributed by atoms with Crippen molar-refractivity contribution >= 4 is 51.5 Å². The second-order valence-corrected chi connectivity index (χ2v) is 8.27. The van der Waals surface area contributed by atoms with Crippen LogP contribution < -0.4 is 15.0 Å². The van der Waals surface area contributed by atoms with Crippen LogP contribution in [0.4, 0.5) is 14.9 Å². The normalized spacial score (nSPS) is 14.7. The van der Waals surface area contributed by atoms with E-state index in [4.69, 9.17) is 9.84 Å². The highest BCUT2D eigenvalue weighted by molar-refractivity contribution is 9.10. The van der Waals surface area contributed by atoms with Crippen LogP contribution >= 0.6 is 15.9 Å². The van der Waals surface area contributed by atoms with Gasteiger partial charge in [-0.1, -0.05) is 24.3 Å². The molecule has 0 aromatic heterocycles. The molecule has 1 heterocycles. The molecular formula is C25H16BrFN2O6. The zero-order valence-corrected chi connectivity index (χ0v) is 19.4. The Bertz CT molecular complexity index is 1390. The standard InChI is InChI=1S/C25H16BrFN2O6/c26-20-11-15(6-9-21(20)35-13-14-4-7-16(8-5-14)24(32)33)10-19-22(30)28-25(34)29(23(19)31)18-3-1-2-17(27)12-18/h1-12H,13H2,(H,32,33)(H,28,30,34)/b19-10+. The van der Waals surface area contributed by atoms with Gasteiger partial charge in [0, 0.05) is 0 Å². The molecular weight excluding hydrogens is 523 g/mol. The monoisotopic (exact) mass is 538 g/mol. The molecule has 4 amide bonds. The van der Waals surface area contributed by atoms with Gasteiger partial charge in [0.25, 0.3) is 11.8 Å². The number of carboxylic acid groups (broad SMARTS) is 1. The molecule has 1 fully saturated rings. The molecule has 35 heavy (non-hydrogen) atoms. The number of amides is 4. The summed E-state index contributed by atoms with van der Waals surface area (Å²) >= 11 is 3.39. The molecule has 8 nitrogen and oxygen atoms in total. The molecule has 0 atom stereocenters. The first-order chi connectivity index (χ1) is 16.7. The number of carboxylic acids is 1. The van der Waals surface area contributed by atoms with Gasteiger partial charge in [-0.15, -0.1) is 0 Å². The number of anilines is 1. The summed E-state index contributed by atoms with van der Waals surface area (Å²) in [5, 5.41) is 11.1. The van der Waals surface area contributed by atoms with Crippen molar-refractivity contribution in [3.63, 3.8) is 0 Å². The van der Waals surface area contributed by atoms with E-state index in [0.29, 0.717) is 20.7 Å². The summed E-state index contributed by atoms with van der Waals surface area (Å²) in [5.41, 5.74) is 1.10. The van der Waals surface area contributed by atoms with E-state index in [9.17, 15) is 23.6 Å². The first kappa shape index (κ1) is 23.8. The molecule has 0 aliphatic carbocycles. The Labute approximate surface area is 206 Å². The maximum absolute atomic E-state index is 13.6. The Balaban J connectivity index is 1.53. The van der Waals surface area contributed by atoms with E-state index < -0.39 is 29.6 Å². The van der Waals surface area contributed by atoms with Crippen LogP contribution in [0.1, 0.15) is 21.5 Å². The number of rotatable bonds is 6. The van der Waals surface area contributed by atoms with Gasteiger partial charge in [0.15, 0.2) is 0 Å². The van der Waals surface area contributed by atoms with Gasteiger partial charge in [-0.3, -0.25) is 14.9 Å². The Hall–Kier alpha value is -4.31. The number of nitrogens with zero attached hydrogens (tertiary/aromatic N) is 1. The van der Waals surface area contributed by atoms with Crippen LogP contribution in [0.25, 0.3) is 6.08 Å². The molecule has 2 N–H and O–H groups in total. The SMILES string of the molecule is O=C1NC(=O)N(c2cccc(F)c2)C(=O)/C1=C/c1ccc(OCc2ccc(C(=O)O)cc2)c(Br)c1. The molecule has 1 aliphatic rings. The highest BCUT2D eigenvalue weighted by Gasteiger charge is 2.36. The number of imide groups is 2. The van der Waals surface area contributed by atoms with Gasteiger partial charge in [-0.2, -0.15) is 0 Å². The maximum atomic E-state index is 13.6. The van der Waals surface area contributed by atoms with Crippen molar-refractivity contribution in [3.05, 3.63) is 99.3 Å². The van der Waals surface area contributed by atoms with Gasteiger partial charge in [0.2, 0.25) is 0 Å². The third-order valence-corrected chi connectivity index (χ3v) is 5.65. The molecule has 3 aromatic carbocycles. The zero-order valence-electron chi connectivity index (χ0n) is 17.8. The maximum Gasteiger partial charge on any atom is 0.335 e. The number of nitrogens with one attached hydrogen (secondary N) is 1. The number of benzene rings is 3. The second kappa shape index (κ2) is 9.90. The quantitative estimate of drug-likeness (QED) is 0.352. The predicted octanol–water partition coefficient (Wildman–Crippen LogP) is 4.53. The van der Waals surface area contributed by atoms with Crippen molar-refractivity contribution in [3.8, 4) is 5.75 Å². The lowest BCUT2D eigenvalue weighted by Gasteiger charge is -2.26. The van der Waals surface area contributed by atoms with Crippen molar-refractivity contribution in [1.29, 1.82) is 0 Å². The number of carbonyl (C=O) groups excluding carboxylic acids is 3. The number of hydrogen-bond acceptors (Lipinski definition) is 5. The van der Waals surface area contributed by atoms with Crippen LogP contribution in [0.5, 0.6) is 5.75 Å². The summed E-state index contributed by atoms with van der Waals surface area (Å²) in [6.45, 7) is 0.185. The van der Waals surface area contributed by atoms with Crippen molar-refractivity contribution < 1.29 is 33.4 Å². The minimum absolute atomic E-state index is 0.00721. The molecule has 4 rings (SSSR count). The third kappa shape index (κ3) is 5.28. The number of urea groups is 1. The fourth-order valence-electron chi connectivity index (χ4n) is 3.30. The Morgan fingerprint density at radius 3 is 2.46 bits per heavy atom. The van der Waals surface area contributed by atoms with E-state index in [1.165, 1.54) is 36.4 Å².